The van der Waals surface area contributed by atoms with Gasteiger partial charge in [-0.25, -0.2) is 16.8 Å². The number of halogens is 6. The van der Waals surface area contributed by atoms with E-state index in [4.69, 9.17) is 0 Å². The van der Waals surface area contributed by atoms with Crippen molar-refractivity contribution < 1.29 is 52.5 Å². The fourth-order valence-electron chi connectivity index (χ4n) is 2.06. The molecule has 0 unspecified atom stereocenters. The van der Waals surface area contributed by atoms with E-state index in [2.05, 4.69) is 32.7 Å². The van der Waals surface area contributed by atoms with Gasteiger partial charge in [0.05, 0.1) is 26.2 Å². The molecule has 0 rings (SSSR count). The van der Waals surface area contributed by atoms with Crippen molar-refractivity contribution in [2.75, 3.05) is 32.7 Å². The SMILES string of the molecule is C=CC(=O)NCCC[N+](CC)(CC)CC.O=S(=O)([N-]S(=O)(=O)C(F)(F)F)C(F)(F)F. The third-order valence-corrected chi connectivity index (χ3v) is 6.83. The maximum absolute atomic E-state index is 11.4. The highest BCUT2D eigenvalue weighted by Crippen LogP contribution is 2.36. The van der Waals surface area contributed by atoms with E-state index in [-0.39, 0.29) is 5.91 Å². The number of hydrogen-bond donors (Lipinski definition) is 1. The summed E-state index contributed by atoms with van der Waals surface area (Å²) in [6.07, 6.45) is 2.36. The van der Waals surface area contributed by atoms with Crippen LogP contribution >= 0.6 is 0 Å². The first-order chi connectivity index (χ1) is 13.3. The maximum atomic E-state index is 11.4. The number of alkyl halides is 6. The molecule has 0 saturated heterocycles. The number of nitrogens with zero attached hydrogens (tertiary/aromatic N) is 2. The summed E-state index contributed by atoms with van der Waals surface area (Å²) in [5, 5.41) is 2.81. The Morgan fingerprint density at radius 3 is 1.57 bits per heavy atom. The summed E-state index contributed by atoms with van der Waals surface area (Å²) in [5.74, 6) is -0.0717. The largest absolute Gasteiger partial charge is 0.480 e. The molecule has 0 aliphatic carbocycles. The lowest BCUT2D eigenvalue weighted by molar-refractivity contribution is -0.923. The van der Waals surface area contributed by atoms with Gasteiger partial charge >= 0.3 is 11.0 Å². The summed E-state index contributed by atoms with van der Waals surface area (Å²) in [4.78, 5) is 10.9. The van der Waals surface area contributed by atoms with Crippen LogP contribution in [0.2, 0.25) is 0 Å². The predicted octanol–water partition coefficient (Wildman–Crippen LogP) is 2.61. The van der Waals surface area contributed by atoms with Crippen LogP contribution in [0.3, 0.4) is 0 Å². The van der Waals surface area contributed by atoms with Crippen LogP contribution in [-0.2, 0) is 24.8 Å². The van der Waals surface area contributed by atoms with Crippen molar-refractivity contribution in [2.24, 2.45) is 0 Å². The van der Waals surface area contributed by atoms with Crippen LogP contribution in [-0.4, -0.2) is 71.0 Å². The van der Waals surface area contributed by atoms with Crippen LogP contribution in [0.4, 0.5) is 26.3 Å². The first kappa shape index (κ1) is 30.8. The Hall–Kier alpha value is -1.39. The van der Waals surface area contributed by atoms with Gasteiger partial charge in [0.25, 0.3) is 0 Å². The summed E-state index contributed by atoms with van der Waals surface area (Å²) >= 11 is 0. The molecule has 0 saturated carbocycles. The summed E-state index contributed by atoms with van der Waals surface area (Å²) in [5.41, 5.74) is -12.4. The second kappa shape index (κ2) is 11.9. The topological polar surface area (TPSA) is 111 Å². The molecule has 180 valence electrons. The molecule has 0 spiro atoms. The Morgan fingerprint density at radius 1 is 0.933 bits per heavy atom. The van der Waals surface area contributed by atoms with E-state index >= 15 is 0 Å². The van der Waals surface area contributed by atoms with Crippen molar-refractivity contribution >= 4 is 26.0 Å². The Labute approximate surface area is 172 Å². The van der Waals surface area contributed by atoms with Crippen molar-refractivity contribution in [1.82, 2.24) is 5.32 Å². The normalized spacial score (nSPS) is 13.2. The minimum Gasteiger partial charge on any atom is -0.421 e. The van der Waals surface area contributed by atoms with Gasteiger partial charge < -0.3 is 13.9 Å². The van der Waals surface area contributed by atoms with Crippen molar-refractivity contribution in [1.29, 1.82) is 0 Å². The van der Waals surface area contributed by atoms with E-state index in [0.717, 1.165) is 28.1 Å². The molecule has 0 bridgehead atoms. The molecule has 0 fully saturated rings. The lowest BCUT2D eigenvalue weighted by Gasteiger charge is -2.35. The molecule has 8 nitrogen and oxygen atoms in total. The van der Waals surface area contributed by atoms with E-state index in [0.29, 0.717) is 0 Å². The summed E-state index contributed by atoms with van der Waals surface area (Å²) < 4.78 is 110. The summed E-state index contributed by atoms with van der Waals surface area (Å²) in [6, 6.07) is 0. The molecule has 0 atom stereocenters. The number of amides is 1. The average molecular weight is 493 g/mol. The van der Waals surface area contributed by atoms with Gasteiger partial charge in [-0.2, -0.15) is 26.3 Å². The standard InChI is InChI=1S/C12H24N2O.C2F6NO4S2/c1-5-12(15)13-10-9-11-14(6-2,7-3)8-4;3-1(4,5)14(10,11)9-15(12,13)2(6,7)8/h5H,1,6-11H2,2-4H3;/q;-1/p+1. The van der Waals surface area contributed by atoms with E-state index in [9.17, 15) is 48.0 Å². The molecule has 0 aliphatic rings. The van der Waals surface area contributed by atoms with E-state index < -0.39 is 31.1 Å². The van der Waals surface area contributed by atoms with Crippen LogP contribution in [0, 0.1) is 0 Å². The first-order valence-corrected chi connectivity index (χ1v) is 11.3. The molecule has 0 heterocycles. The van der Waals surface area contributed by atoms with Gasteiger partial charge in [0, 0.05) is 13.0 Å². The number of quaternary nitrogens is 1. The predicted molar refractivity (Wildman–Crippen MR) is 97.9 cm³/mol. The zero-order chi connectivity index (χ0) is 24.4. The van der Waals surface area contributed by atoms with Crippen LogP contribution < -0.4 is 5.32 Å². The number of nitrogens with one attached hydrogen (secondary N) is 1. The van der Waals surface area contributed by atoms with Crippen molar-refractivity contribution in [2.45, 2.75) is 38.2 Å². The van der Waals surface area contributed by atoms with Crippen LogP contribution in [0.15, 0.2) is 12.7 Å². The van der Waals surface area contributed by atoms with Gasteiger partial charge in [0.2, 0.25) is 5.91 Å². The van der Waals surface area contributed by atoms with Gasteiger partial charge in [-0.15, -0.1) is 0 Å². The third-order valence-electron chi connectivity index (χ3n) is 4.09. The van der Waals surface area contributed by atoms with E-state index in [1.807, 2.05) is 0 Å². The molecule has 16 heteroatoms. The fourth-order valence-corrected chi connectivity index (χ4v) is 3.77. The van der Waals surface area contributed by atoms with Crippen LogP contribution in [0.5, 0.6) is 0 Å². The number of sulfonamides is 2. The van der Waals surface area contributed by atoms with E-state index in [1.54, 1.807) is 0 Å². The Kier molecular flexibility index (Phi) is 12.2. The molecule has 0 aromatic carbocycles. The molecule has 30 heavy (non-hydrogen) atoms. The lowest BCUT2D eigenvalue weighted by atomic mass is 10.3. The summed E-state index contributed by atoms with van der Waals surface area (Å²) in [6.45, 7) is 15.5. The molecule has 0 aromatic heterocycles. The second-order valence-corrected chi connectivity index (χ2v) is 9.20. The Morgan fingerprint density at radius 2 is 1.30 bits per heavy atom. The second-order valence-electron chi connectivity index (χ2n) is 5.78. The van der Waals surface area contributed by atoms with Crippen molar-refractivity contribution in [3.8, 4) is 0 Å². The van der Waals surface area contributed by atoms with Gasteiger partial charge in [-0.3, -0.25) is 4.79 Å². The molecule has 1 amide bonds. The van der Waals surface area contributed by atoms with Crippen LogP contribution in [0.1, 0.15) is 27.2 Å². The highest BCUT2D eigenvalue weighted by Gasteiger charge is 2.46. The Balaban J connectivity index is 0. The quantitative estimate of drug-likeness (QED) is 0.218. The van der Waals surface area contributed by atoms with Gasteiger partial charge in [-0.1, -0.05) is 6.58 Å². The molecular weight excluding hydrogens is 468 g/mol. The van der Waals surface area contributed by atoms with Gasteiger partial charge in [-0.05, 0) is 26.8 Å². The third kappa shape index (κ3) is 10.1. The maximum Gasteiger partial charge on any atom is 0.480 e. The smallest absolute Gasteiger partial charge is 0.421 e. The molecule has 1 N–H and O–H groups in total. The number of carbonyl (C=O) groups excluding carboxylic acids is 1. The lowest BCUT2D eigenvalue weighted by Crippen LogP contribution is -2.48. The van der Waals surface area contributed by atoms with Gasteiger partial charge in [0.15, 0.2) is 20.0 Å². The van der Waals surface area contributed by atoms with Crippen LogP contribution in [0.25, 0.3) is 4.13 Å². The molecule has 0 aliphatic heterocycles. The van der Waals surface area contributed by atoms with Gasteiger partial charge in [0.1, 0.15) is 0 Å². The molecule has 0 aromatic rings. The average Bonchev–Trinajstić information content (AvgIpc) is 2.60. The van der Waals surface area contributed by atoms with Crippen molar-refractivity contribution in [3.63, 3.8) is 0 Å². The number of hydrogen-bond acceptors (Lipinski definition) is 5. The molecule has 0 radical (unpaired) electrons. The Bertz CT molecular complexity index is 710. The van der Waals surface area contributed by atoms with Crippen molar-refractivity contribution in [3.05, 3.63) is 16.8 Å². The highest BCUT2D eigenvalue weighted by atomic mass is 32.3. The zero-order valence-electron chi connectivity index (χ0n) is 16.5. The van der Waals surface area contributed by atoms with E-state index in [1.165, 1.54) is 25.7 Å². The zero-order valence-corrected chi connectivity index (χ0v) is 18.2. The minimum atomic E-state index is -6.72. The number of rotatable bonds is 10. The number of carbonyl (C=O) groups is 1. The highest BCUT2D eigenvalue weighted by molar-refractivity contribution is 8.13. The fraction of sp³-hybridized carbons (Fsp3) is 0.786. The first-order valence-electron chi connectivity index (χ1n) is 8.46. The summed E-state index contributed by atoms with van der Waals surface area (Å²) in [7, 11) is -13.4. The molecular formula is C14H25F6N3O5S2. The monoisotopic (exact) mass is 493 g/mol. The minimum absolute atomic E-state index is 0.0717.